The van der Waals surface area contributed by atoms with Gasteiger partial charge in [0.15, 0.2) is 0 Å². The average molecular weight is 397 g/mol. The SMILES string of the molecule is COc1ccc(Cc2nnc(SCC(=O)Nc3ccccc3)n(N)c2=O)cc1. The zero-order valence-corrected chi connectivity index (χ0v) is 16.0. The highest BCUT2D eigenvalue weighted by Gasteiger charge is 2.13. The van der Waals surface area contributed by atoms with E-state index in [1.54, 1.807) is 31.4 Å². The molecule has 1 amide bonds. The van der Waals surface area contributed by atoms with Gasteiger partial charge in [-0.25, -0.2) is 0 Å². The first kappa shape index (κ1) is 19.4. The minimum Gasteiger partial charge on any atom is -0.497 e. The quantitative estimate of drug-likeness (QED) is 0.461. The number of nitrogen functional groups attached to an aromatic ring is 1. The van der Waals surface area contributed by atoms with Crippen LogP contribution < -0.4 is 21.5 Å². The highest BCUT2D eigenvalue weighted by atomic mass is 32.2. The molecule has 0 aliphatic rings. The number of benzene rings is 2. The van der Waals surface area contributed by atoms with E-state index in [0.717, 1.165) is 27.8 Å². The first-order valence-electron chi connectivity index (χ1n) is 8.41. The lowest BCUT2D eigenvalue weighted by atomic mass is 10.1. The van der Waals surface area contributed by atoms with Crippen molar-refractivity contribution in [2.24, 2.45) is 0 Å². The van der Waals surface area contributed by atoms with Crippen LogP contribution in [0.2, 0.25) is 0 Å². The average Bonchev–Trinajstić information content (AvgIpc) is 2.72. The van der Waals surface area contributed by atoms with E-state index in [2.05, 4.69) is 15.5 Å². The number of thioether (sulfide) groups is 1. The predicted molar refractivity (Wildman–Crippen MR) is 108 cm³/mol. The van der Waals surface area contributed by atoms with Gasteiger partial charge in [-0.15, -0.1) is 10.2 Å². The molecule has 144 valence electrons. The Kier molecular flexibility index (Phi) is 6.28. The van der Waals surface area contributed by atoms with Crippen LogP contribution in [0.15, 0.2) is 64.5 Å². The molecule has 1 aromatic heterocycles. The van der Waals surface area contributed by atoms with Gasteiger partial charge in [0.1, 0.15) is 11.4 Å². The fourth-order valence-corrected chi connectivity index (χ4v) is 3.07. The molecule has 8 nitrogen and oxygen atoms in total. The van der Waals surface area contributed by atoms with Crippen molar-refractivity contribution >= 4 is 23.4 Å². The topological polar surface area (TPSA) is 112 Å². The van der Waals surface area contributed by atoms with Crippen LogP contribution in [-0.4, -0.2) is 33.6 Å². The molecule has 0 aliphatic heterocycles. The van der Waals surface area contributed by atoms with Gasteiger partial charge in [-0.05, 0) is 29.8 Å². The Morgan fingerprint density at radius 3 is 2.54 bits per heavy atom. The van der Waals surface area contributed by atoms with Crippen molar-refractivity contribution in [1.29, 1.82) is 0 Å². The molecule has 0 radical (unpaired) electrons. The maximum Gasteiger partial charge on any atom is 0.294 e. The van der Waals surface area contributed by atoms with Crippen molar-refractivity contribution in [2.45, 2.75) is 11.6 Å². The lowest BCUT2D eigenvalue weighted by Crippen LogP contribution is -2.34. The van der Waals surface area contributed by atoms with E-state index in [9.17, 15) is 9.59 Å². The molecule has 0 fully saturated rings. The highest BCUT2D eigenvalue weighted by molar-refractivity contribution is 7.99. The third kappa shape index (κ3) is 4.89. The number of nitrogens with zero attached hydrogens (tertiary/aromatic N) is 3. The summed E-state index contributed by atoms with van der Waals surface area (Å²) in [6.45, 7) is 0. The molecular formula is C19H19N5O3S. The van der Waals surface area contributed by atoms with Gasteiger partial charge in [-0.2, -0.15) is 4.68 Å². The first-order chi connectivity index (χ1) is 13.6. The van der Waals surface area contributed by atoms with Crippen LogP contribution in [0.3, 0.4) is 0 Å². The Bertz CT molecular complexity index is 1010. The van der Waals surface area contributed by atoms with Crippen molar-refractivity contribution in [2.75, 3.05) is 24.0 Å². The Morgan fingerprint density at radius 1 is 1.14 bits per heavy atom. The normalized spacial score (nSPS) is 10.5. The second kappa shape index (κ2) is 9.05. The lowest BCUT2D eigenvalue weighted by molar-refractivity contribution is -0.113. The Labute approximate surface area is 165 Å². The zero-order chi connectivity index (χ0) is 19.9. The summed E-state index contributed by atoms with van der Waals surface area (Å²) in [6.07, 6.45) is 0.298. The van der Waals surface area contributed by atoms with E-state index in [1.165, 1.54) is 0 Å². The fourth-order valence-electron chi connectivity index (χ4n) is 2.41. The van der Waals surface area contributed by atoms with Crippen LogP contribution in [0.5, 0.6) is 5.75 Å². The summed E-state index contributed by atoms with van der Waals surface area (Å²) in [5.41, 5.74) is 1.36. The van der Waals surface area contributed by atoms with Crippen molar-refractivity contribution in [3.8, 4) is 5.75 Å². The molecule has 9 heteroatoms. The summed E-state index contributed by atoms with van der Waals surface area (Å²) in [4.78, 5) is 24.5. The van der Waals surface area contributed by atoms with Crippen LogP contribution in [0, 0.1) is 0 Å². The molecule has 0 saturated heterocycles. The van der Waals surface area contributed by atoms with Crippen LogP contribution in [0.1, 0.15) is 11.3 Å². The van der Waals surface area contributed by atoms with Gasteiger partial charge in [0, 0.05) is 12.1 Å². The van der Waals surface area contributed by atoms with Gasteiger partial charge < -0.3 is 15.9 Å². The summed E-state index contributed by atoms with van der Waals surface area (Å²) in [6, 6.07) is 16.4. The van der Waals surface area contributed by atoms with E-state index in [-0.39, 0.29) is 22.5 Å². The van der Waals surface area contributed by atoms with Crippen LogP contribution in [-0.2, 0) is 11.2 Å². The number of hydrogen-bond acceptors (Lipinski definition) is 7. The molecule has 0 bridgehead atoms. The third-order valence-electron chi connectivity index (χ3n) is 3.85. The van der Waals surface area contributed by atoms with Gasteiger partial charge in [0.05, 0.1) is 12.9 Å². The van der Waals surface area contributed by atoms with Gasteiger partial charge in [0.2, 0.25) is 11.1 Å². The molecule has 1 heterocycles. The largest absolute Gasteiger partial charge is 0.497 e. The molecule has 3 N–H and O–H groups in total. The summed E-state index contributed by atoms with van der Waals surface area (Å²) in [5.74, 6) is 6.40. The number of anilines is 1. The lowest BCUT2D eigenvalue weighted by Gasteiger charge is -2.08. The number of carbonyl (C=O) groups is 1. The molecule has 0 saturated carbocycles. The number of hydrogen-bond donors (Lipinski definition) is 2. The van der Waals surface area contributed by atoms with Crippen LogP contribution in [0.25, 0.3) is 0 Å². The summed E-state index contributed by atoms with van der Waals surface area (Å²) in [5, 5.41) is 10.9. The van der Waals surface area contributed by atoms with Crippen LogP contribution >= 0.6 is 11.8 Å². The number of ether oxygens (including phenoxy) is 1. The predicted octanol–water partition coefficient (Wildman–Crippen LogP) is 1.68. The number of para-hydroxylation sites is 1. The maximum absolute atomic E-state index is 12.4. The molecule has 2 aromatic carbocycles. The molecule has 0 aliphatic carbocycles. The molecule has 0 unspecified atom stereocenters. The molecule has 0 spiro atoms. The summed E-state index contributed by atoms with van der Waals surface area (Å²) in [7, 11) is 1.59. The smallest absolute Gasteiger partial charge is 0.294 e. The fraction of sp³-hybridized carbons (Fsp3) is 0.158. The van der Waals surface area contributed by atoms with E-state index in [0.29, 0.717) is 12.1 Å². The molecule has 0 atom stereocenters. The monoisotopic (exact) mass is 397 g/mol. The third-order valence-corrected chi connectivity index (χ3v) is 4.79. The van der Waals surface area contributed by atoms with Gasteiger partial charge in [0.25, 0.3) is 5.56 Å². The number of rotatable bonds is 7. The van der Waals surface area contributed by atoms with Crippen molar-refractivity contribution in [3.63, 3.8) is 0 Å². The molecule has 3 rings (SSSR count). The van der Waals surface area contributed by atoms with E-state index in [1.807, 2.05) is 30.3 Å². The Hall–Kier alpha value is -3.33. The summed E-state index contributed by atoms with van der Waals surface area (Å²) < 4.78 is 6.04. The van der Waals surface area contributed by atoms with E-state index < -0.39 is 5.56 Å². The number of nitrogens with two attached hydrogens (primary N) is 1. The highest BCUT2D eigenvalue weighted by Crippen LogP contribution is 2.15. The second-order valence-electron chi connectivity index (χ2n) is 5.83. The van der Waals surface area contributed by atoms with Gasteiger partial charge in [-0.1, -0.05) is 42.1 Å². The first-order valence-corrected chi connectivity index (χ1v) is 9.39. The second-order valence-corrected chi connectivity index (χ2v) is 6.77. The molecular weight excluding hydrogens is 378 g/mol. The standard InChI is InChI=1S/C19H19N5O3S/c1-27-15-9-7-13(8-10-15)11-16-18(26)24(20)19(23-22-16)28-12-17(25)21-14-5-3-2-4-6-14/h2-10H,11-12,20H2,1H3,(H,21,25). The number of methoxy groups -OCH3 is 1. The maximum atomic E-state index is 12.4. The van der Waals surface area contributed by atoms with Crippen molar-refractivity contribution < 1.29 is 9.53 Å². The minimum absolute atomic E-state index is 0.0536. The summed E-state index contributed by atoms with van der Waals surface area (Å²) >= 11 is 1.04. The number of carbonyl (C=O) groups excluding carboxylic acids is 1. The van der Waals surface area contributed by atoms with E-state index >= 15 is 0 Å². The van der Waals surface area contributed by atoms with Gasteiger partial charge in [-0.3, -0.25) is 9.59 Å². The molecule has 3 aromatic rings. The number of amides is 1. The van der Waals surface area contributed by atoms with E-state index in [4.69, 9.17) is 10.6 Å². The van der Waals surface area contributed by atoms with Crippen molar-refractivity contribution in [1.82, 2.24) is 14.9 Å². The van der Waals surface area contributed by atoms with Gasteiger partial charge >= 0.3 is 0 Å². The Morgan fingerprint density at radius 2 is 1.86 bits per heavy atom. The van der Waals surface area contributed by atoms with Crippen molar-refractivity contribution in [3.05, 3.63) is 76.2 Å². The minimum atomic E-state index is -0.447. The Balaban J connectivity index is 1.64. The number of nitrogens with one attached hydrogen (secondary N) is 1. The zero-order valence-electron chi connectivity index (χ0n) is 15.2. The van der Waals surface area contributed by atoms with Crippen LogP contribution in [0.4, 0.5) is 5.69 Å². The molecule has 28 heavy (non-hydrogen) atoms. The number of aromatic nitrogens is 3.